The van der Waals surface area contributed by atoms with Gasteiger partial charge >= 0.3 is 0 Å². The Hall–Kier alpha value is -7.86. The zero-order chi connectivity index (χ0) is 40.5. The zero-order valence-corrected chi connectivity index (χ0v) is 33.8. The average molecular weight is 797 g/mol. The normalized spacial score (nSPS) is 11.3. The number of fused-ring (bicyclic) bond motifs is 3. The topological polar surface area (TPSA) is 51.6 Å². The van der Waals surface area contributed by atoms with Crippen LogP contribution in [0.15, 0.2) is 218 Å². The summed E-state index contributed by atoms with van der Waals surface area (Å²) in [6, 6.07) is 76.3. The predicted molar refractivity (Wildman–Crippen MR) is 254 cm³/mol. The number of aromatic nitrogens is 4. The van der Waals surface area contributed by atoms with E-state index < -0.39 is 0 Å². The minimum absolute atomic E-state index is 0.672. The standard InChI is InChI=1S/C56H36N4S/c1-6-16-37(17-7-1)42-27-29-53-48(33-42)47-28-26-43(34-54(47)61-53)44-30-45(51-35-49(38-18-8-2-9-19-38)57-55(59-51)40-22-12-4-13-23-40)32-46(31-44)52-36-50(39-20-10-3-11-21-39)58-56(60-52)41-24-14-5-15-25-41/h1-36H. The summed E-state index contributed by atoms with van der Waals surface area (Å²) in [4.78, 5) is 20.7. The van der Waals surface area contributed by atoms with Crippen molar-refractivity contribution in [3.63, 3.8) is 0 Å². The molecule has 0 saturated heterocycles. The van der Waals surface area contributed by atoms with E-state index in [4.69, 9.17) is 19.9 Å². The van der Waals surface area contributed by atoms with Gasteiger partial charge in [-0.3, -0.25) is 0 Å². The Kier molecular flexibility index (Phi) is 9.34. The van der Waals surface area contributed by atoms with E-state index in [0.29, 0.717) is 11.6 Å². The van der Waals surface area contributed by atoms with Crippen molar-refractivity contribution in [1.29, 1.82) is 0 Å². The molecule has 0 fully saturated rings. The molecule has 3 heterocycles. The number of hydrogen-bond donors (Lipinski definition) is 0. The highest BCUT2D eigenvalue weighted by Gasteiger charge is 2.17. The highest BCUT2D eigenvalue weighted by atomic mass is 32.1. The monoisotopic (exact) mass is 796 g/mol. The van der Waals surface area contributed by atoms with E-state index in [2.05, 4.69) is 170 Å². The number of rotatable bonds is 8. The Morgan fingerprint density at radius 1 is 0.230 bits per heavy atom. The maximum absolute atomic E-state index is 5.27. The first-order valence-corrected chi connectivity index (χ1v) is 21.2. The third-order valence-corrected chi connectivity index (χ3v) is 12.2. The molecule has 11 rings (SSSR count). The van der Waals surface area contributed by atoms with Gasteiger partial charge in [0.15, 0.2) is 11.6 Å². The second kappa shape index (κ2) is 15.7. The second-order valence-corrected chi connectivity index (χ2v) is 16.2. The molecule has 286 valence electrons. The Balaban J connectivity index is 1.13. The molecule has 4 nitrogen and oxygen atoms in total. The number of nitrogens with zero attached hydrogens (tertiary/aromatic N) is 4. The first-order chi connectivity index (χ1) is 30.2. The van der Waals surface area contributed by atoms with Gasteiger partial charge in [-0.25, -0.2) is 19.9 Å². The van der Waals surface area contributed by atoms with Crippen LogP contribution in [0.2, 0.25) is 0 Å². The van der Waals surface area contributed by atoms with Crippen LogP contribution < -0.4 is 0 Å². The van der Waals surface area contributed by atoms with Gasteiger partial charge in [0.25, 0.3) is 0 Å². The molecule has 0 amide bonds. The summed E-state index contributed by atoms with van der Waals surface area (Å²) >= 11 is 1.83. The van der Waals surface area contributed by atoms with Gasteiger partial charge in [-0.2, -0.15) is 0 Å². The zero-order valence-electron chi connectivity index (χ0n) is 33.0. The molecule has 0 aliphatic heterocycles. The second-order valence-electron chi connectivity index (χ2n) is 15.1. The third-order valence-electron chi connectivity index (χ3n) is 11.1. The summed E-state index contributed by atoms with van der Waals surface area (Å²) in [5.41, 5.74) is 13.9. The molecule has 0 aliphatic rings. The minimum Gasteiger partial charge on any atom is -0.228 e. The summed E-state index contributed by atoms with van der Waals surface area (Å²) in [5.74, 6) is 1.34. The van der Waals surface area contributed by atoms with Crippen molar-refractivity contribution in [1.82, 2.24) is 19.9 Å². The molecule has 0 radical (unpaired) electrons. The van der Waals surface area contributed by atoms with Crippen LogP contribution in [0.5, 0.6) is 0 Å². The predicted octanol–water partition coefficient (Wildman–Crippen LogP) is 15.0. The van der Waals surface area contributed by atoms with Gasteiger partial charge in [-0.15, -0.1) is 11.3 Å². The molecule has 8 aromatic carbocycles. The Morgan fingerprint density at radius 3 is 1.11 bits per heavy atom. The summed E-state index contributed by atoms with van der Waals surface area (Å²) in [5, 5.41) is 2.53. The SMILES string of the molecule is c1ccc(-c2ccc3sc4cc(-c5cc(-c6cc(-c7ccccc7)nc(-c7ccccc7)n6)cc(-c6cc(-c7ccccc7)nc(-c7ccccc7)n6)c5)ccc4c3c2)cc1. The van der Waals surface area contributed by atoms with Crippen LogP contribution in [-0.4, -0.2) is 19.9 Å². The molecule has 0 N–H and O–H groups in total. The van der Waals surface area contributed by atoms with Crippen LogP contribution in [0.3, 0.4) is 0 Å². The van der Waals surface area contributed by atoms with Gasteiger partial charge in [-0.05, 0) is 70.8 Å². The van der Waals surface area contributed by atoms with Crippen molar-refractivity contribution in [2.24, 2.45) is 0 Å². The smallest absolute Gasteiger partial charge is 0.160 e. The Bertz CT molecular complexity index is 3070. The Labute approximate surface area is 358 Å². The van der Waals surface area contributed by atoms with Gasteiger partial charge in [0.2, 0.25) is 0 Å². The van der Waals surface area contributed by atoms with Crippen LogP contribution in [0, 0.1) is 0 Å². The quantitative estimate of drug-likeness (QED) is 0.154. The summed E-state index contributed by atoms with van der Waals surface area (Å²) in [7, 11) is 0. The van der Waals surface area contributed by atoms with Gasteiger partial charge in [0, 0.05) is 53.6 Å². The largest absolute Gasteiger partial charge is 0.228 e. The average Bonchev–Trinajstić information content (AvgIpc) is 3.72. The summed E-state index contributed by atoms with van der Waals surface area (Å²) in [6.45, 7) is 0. The number of thiophene rings is 1. The molecule has 11 aromatic rings. The molecule has 0 bridgehead atoms. The van der Waals surface area contributed by atoms with Gasteiger partial charge in [0.05, 0.1) is 22.8 Å². The molecule has 3 aromatic heterocycles. The molecule has 0 aliphatic carbocycles. The van der Waals surface area contributed by atoms with Crippen molar-refractivity contribution < 1.29 is 0 Å². The van der Waals surface area contributed by atoms with Gasteiger partial charge in [-0.1, -0.05) is 170 Å². The molecule has 61 heavy (non-hydrogen) atoms. The maximum Gasteiger partial charge on any atom is 0.160 e. The fourth-order valence-electron chi connectivity index (χ4n) is 7.99. The maximum atomic E-state index is 5.27. The van der Waals surface area contributed by atoms with E-state index in [1.165, 1.54) is 31.3 Å². The fraction of sp³-hybridized carbons (Fsp3) is 0. The lowest BCUT2D eigenvalue weighted by Crippen LogP contribution is -1.98. The molecular weight excluding hydrogens is 761 g/mol. The molecule has 0 spiro atoms. The van der Waals surface area contributed by atoms with E-state index in [-0.39, 0.29) is 0 Å². The molecule has 0 saturated carbocycles. The van der Waals surface area contributed by atoms with Crippen molar-refractivity contribution in [3.8, 4) is 90.1 Å². The van der Waals surface area contributed by atoms with E-state index >= 15 is 0 Å². The minimum atomic E-state index is 0.672. The molecule has 5 heteroatoms. The van der Waals surface area contributed by atoms with Gasteiger partial charge in [0.1, 0.15) is 0 Å². The highest BCUT2D eigenvalue weighted by Crippen LogP contribution is 2.41. The summed E-state index contributed by atoms with van der Waals surface area (Å²) < 4.78 is 2.51. The lowest BCUT2D eigenvalue weighted by molar-refractivity contribution is 1.18. The summed E-state index contributed by atoms with van der Waals surface area (Å²) in [6.07, 6.45) is 0. The third kappa shape index (κ3) is 7.28. The molecular formula is C56H36N4S. The van der Waals surface area contributed by atoms with Crippen LogP contribution >= 0.6 is 11.3 Å². The van der Waals surface area contributed by atoms with Crippen molar-refractivity contribution in [3.05, 3.63) is 218 Å². The van der Waals surface area contributed by atoms with Crippen LogP contribution in [0.25, 0.3) is 110 Å². The Morgan fingerprint density at radius 2 is 0.623 bits per heavy atom. The lowest BCUT2D eigenvalue weighted by atomic mass is 9.95. The van der Waals surface area contributed by atoms with Crippen LogP contribution in [0.4, 0.5) is 0 Å². The molecule has 0 unspecified atom stereocenters. The van der Waals surface area contributed by atoms with E-state index in [0.717, 1.165) is 67.3 Å². The number of hydrogen-bond acceptors (Lipinski definition) is 5. The first-order valence-electron chi connectivity index (χ1n) is 20.4. The van der Waals surface area contributed by atoms with Crippen molar-refractivity contribution in [2.45, 2.75) is 0 Å². The lowest BCUT2D eigenvalue weighted by Gasteiger charge is -2.14. The van der Waals surface area contributed by atoms with E-state index in [1.54, 1.807) is 0 Å². The van der Waals surface area contributed by atoms with Gasteiger partial charge < -0.3 is 0 Å². The fourth-order valence-corrected chi connectivity index (χ4v) is 9.12. The first kappa shape index (κ1) is 36.2. The highest BCUT2D eigenvalue weighted by molar-refractivity contribution is 7.25. The van der Waals surface area contributed by atoms with Crippen molar-refractivity contribution in [2.75, 3.05) is 0 Å². The van der Waals surface area contributed by atoms with Crippen LogP contribution in [-0.2, 0) is 0 Å². The van der Waals surface area contributed by atoms with E-state index in [9.17, 15) is 0 Å². The van der Waals surface area contributed by atoms with Crippen LogP contribution in [0.1, 0.15) is 0 Å². The molecule has 0 atom stereocenters. The number of benzene rings is 8. The van der Waals surface area contributed by atoms with Crippen molar-refractivity contribution >= 4 is 31.5 Å². The van der Waals surface area contributed by atoms with E-state index in [1.807, 2.05) is 59.9 Å².